The summed E-state index contributed by atoms with van der Waals surface area (Å²) in [6.07, 6.45) is 1.28. The minimum Gasteiger partial charge on any atom is -0.354 e. The van der Waals surface area contributed by atoms with Crippen molar-refractivity contribution in [2.75, 3.05) is 15.8 Å². The number of rotatable bonds is 8. The lowest BCUT2D eigenvalue weighted by molar-refractivity contribution is 0.598. The van der Waals surface area contributed by atoms with Crippen molar-refractivity contribution < 1.29 is 8.42 Å². The molecule has 0 radical (unpaired) electrons. The normalized spacial score (nSPS) is 10.8. The van der Waals surface area contributed by atoms with Crippen LogP contribution < -0.4 is 10.0 Å². The van der Waals surface area contributed by atoms with Crippen LogP contribution in [0.4, 0.5) is 17.1 Å². The Balaban J connectivity index is 1.56. The van der Waals surface area contributed by atoms with E-state index in [1.54, 1.807) is 36.4 Å². The summed E-state index contributed by atoms with van der Waals surface area (Å²) in [5, 5.41) is 12.3. The van der Waals surface area contributed by atoms with Crippen LogP contribution in [0.1, 0.15) is 17.5 Å². The predicted octanol–water partition coefficient (Wildman–Crippen LogP) is 4.68. The highest BCUT2D eigenvalue weighted by Crippen LogP contribution is 2.22. The van der Waals surface area contributed by atoms with Gasteiger partial charge in [0, 0.05) is 11.4 Å². The summed E-state index contributed by atoms with van der Waals surface area (Å²) >= 11 is 0. The number of nitriles is 1. The highest BCUT2D eigenvalue weighted by molar-refractivity contribution is 7.92. The van der Waals surface area contributed by atoms with Crippen LogP contribution in [0.2, 0.25) is 0 Å². The van der Waals surface area contributed by atoms with Gasteiger partial charge in [-0.05, 0) is 54.8 Å². The summed E-state index contributed by atoms with van der Waals surface area (Å²) in [5.74, 6) is 0.0669. The summed E-state index contributed by atoms with van der Waals surface area (Å²) in [7, 11) is -3.40. The SMILES string of the molecule is N#Cc1ccccc1Nc1ccc(NS(=O)(=O)CCCc2ccccc2)cc1. The van der Waals surface area contributed by atoms with Crippen molar-refractivity contribution in [2.45, 2.75) is 12.8 Å². The van der Waals surface area contributed by atoms with Crippen molar-refractivity contribution in [1.29, 1.82) is 5.26 Å². The zero-order valence-electron chi connectivity index (χ0n) is 15.3. The molecule has 0 unspecified atom stereocenters. The molecule has 3 aromatic rings. The summed E-state index contributed by atoms with van der Waals surface area (Å²) in [4.78, 5) is 0. The fraction of sp³-hybridized carbons (Fsp3) is 0.136. The largest absolute Gasteiger partial charge is 0.354 e. The number of hydrogen-bond acceptors (Lipinski definition) is 4. The maximum atomic E-state index is 12.3. The van der Waals surface area contributed by atoms with Gasteiger partial charge in [-0.3, -0.25) is 4.72 Å². The van der Waals surface area contributed by atoms with Crippen LogP contribution in [0.5, 0.6) is 0 Å². The predicted molar refractivity (Wildman–Crippen MR) is 113 cm³/mol. The second-order valence-electron chi connectivity index (χ2n) is 6.37. The summed E-state index contributed by atoms with van der Waals surface area (Å²) < 4.78 is 27.2. The molecule has 0 atom stereocenters. The first kappa shape index (κ1) is 19.5. The molecule has 0 fully saturated rings. The molecule has 3 rings (SSSR count). The first-order valence-electron chi connectivity index (χ1n) is 8.96. The van der Waals surface area contributed by atoms with E-state index in [-0.39, 0.29) is 5.75 Å². The van der Waals surface area contributed by atoms with Crippen LogP contribution in [-0.4, -0.2) is 14.2 Å². The fourth-order valence-corrected chi connectivity index (χ4v) is 3.93. The van der Waals surface area contributed by atoms with Crippen LogP contribution in [0, 0.1) is 11.3 Å². The molecule has 0 heterocycles. The van der Waals surface area contributed by atoms with E-state index >= 15 is 0 Å². The van der Waals surface area contributed by atoms with Gasteiger partial charge in [-0.1, -0.05) is 42.5 Å². The van der Waals surface area contributed by atoms with Crippen molar-refractivity contribution in [3.05, 3.63) is 90.0 Å². The zero-order valence-corrected chi connectivity index (χ0v) is 16.1. The molecule has 0 aromatic heterocycles. The van der Waals surface area contributed by atoms with E-state index in [1.165, 1.54) is 0 Å². The third-order valence-corrected chi connectivity index (χ3v) is 5.58. The van der Waals surface area contributed by atoms with E-state index in [1.807, 2.05) is 42.5 Å². The minimum absolute atomic E-state index is 0.0669. The fourth-order valence-electron chi connectivity index (χ4n) is 2.81. The Hall–Kier alpha value is -3.30. The van der Waals surface area contributed by atoms with E-state index in [0.717, 1.165) is 17.7 Å². The lowest BCUT2D eigenvalue weighted by Gasteiger charge is -2.11. The smallest absolute Gasteiger partial charge is 0.232 e. The number of aryl methyl sites for hydroxylation is 1. The van der Waals surface area contributed by atoms with E-state index in [4.69, 9.17) is 5.26 Å². The maximum absolute atomic E-state index is 12.3. The average molecular weight is 391 g/mol. The highest BCUT2D eigenvalue weighted by atomic mass is 32.2. The molecule has 0 bridgehead atoms. The van der Waals surface area contributed by atoms with Crippen LogP contribution in [0.15, 0.2) is 78.9 Å². The molecule has 3 aromatic carbocycles. The third-order valence-electron chi connectivity index (χ3n) is 4.21. The van der Waals surface area contributed by atoms with Crippen molar-refractivity contribution in [3.63, 3.8) is 0 Å². The van der Waals surface area contributed by atoms with Gasteiger partial charge in [-0.25, -0.2) is 8.42 Å². The summed E-state index contributed by atoms with van der Waals surface area (Å²) in [6.45, 7) is 0. The molecule has 0 saturated carbocycles. The number of nitrogens with zero attached hydrogens (tertiary/aromatic N) is 1. The third kappa shape index (κ3) is 5.60. The van der Waals surface area contributed by atoms with Gasteiger partial charge in [0.15, 0.2) is 0 Å². The van der Waals surface area contributed by atoms with E-state index < -0.39 is 10.0 Å². The molecule has 28 heavy (non-hydrogen) atoms. The van der Waals surface area contributed by atoms with Gasteiger partial charge >= 0.3 is 0 Å². The Bertz CT molecular complexity index is 1060. The lowest BCUT2D eigenvalue weighted by Crippen LogP contribution is -2.17. The number of benzene rings is 3. The Labute approximate surface area is 165 Å². The molecular weight excluding hydrogens is 370 g/mol. The molecule has 5 nitrogen and oxygen atoms in total. The van der Waals surface area contributed by atoms with Crippen LogP contribution >= 0.6 is 0 Å². The zero-order chi connectivity index (χ0) is 19.8. The number of nitrogens with one attached hydrogen (secondary N) is 2. The molecule has 6 heteroatoms. The van der Waals surface area contributed by atoms with E-state index in [9.17, 15) is 8.42 Å². The van der Waals surface area contributed by atoms with Gasteiger partial charge in [0.25, 0.3) is 0 Å². The first-order valence-corrected chi connectivity index (χ1v) is 10.6. The standard InChI is InChI=1S/C22H21N3O2S/c23-17-19-10-4-5-11-22(19)24-20-12-14-21(15-13-20)25-28(26,27)16-6-9-18-7-2-1-3-8-18/h1-5,7-8,10-15,24-25H,6,9,16H2. The number of para-hydroxylation sites is 1. The molecular formula is C22H21N3O2S. The second-order valence-corrected chi connectivity index (χ2v) is 8.21. The monoisotopic (exact) mass is 391 g/mol. The van der Waals surface area contributed by atoms with E-state index in [2.05, 4.69) is 16.1 Å². The van der Waals surface area contributed by atoms with Gasteiger partial charge in [-0.15, -0.1) is 0 Å². The van der Waals surface area contributed by atoms with Gasteiger partial charge in [0.05, 0.1) is 17.0 Å². The van der Waals surface area contributed by atoms with Crippen molar-refractivity contribution >= 4 is 27.1 Å². The van der Waals surface area contributed by atoms with Crippen molar-refractivity contribution in [1.82, 2.24) is 0 Å². The van der Waals surface area contributed by atoms with Gasteiger partial charge in [-0.2, -0.15) is 5.26 Å². The van der Waals surface area contributed by atoms with Gasteiger partial charge in [0.1, 0.15) is 6.07 Å². The number of hydrogen-bond donors (Lipinski definition) is 2. The molecule has 0 spiro atoms. The molecule has 0 aliphatic rings. The number of anilines is 3. The topological polar surface area (TPSA) is 82.0 Å². The molecule has 0 amide bonds. The number of sulfonamides is 1. The lowest BCUT2D eigenvalue weighted by atomic mass is 10.1. The Morgan fingerprint density at radius 1 is 0.821 bits per heavy atom. The Morgan fingerprint density at radius 2 is 1.46 bits per heavy atom. The van der Waals surface area contributed by atoms with Crippen molar-refractivity contribution in [3.8, 4) is 6.07 Å². The van der Waals surface area contributed by atoms with Crippen LogP contribution in [0.25, 0.3) is 0 Å². The van der Waals surface area contributed by atoms with Gasteiger partial charge in [0.2, 0.25) is 10.0 Å². The van der Waals surface area contributed by atoms with Crippen LogP contribution in [0.3, 0.4) is 0 Å². The molecule has 0 aliphatic carbocycles. The highest BCUT2D eigenvalue weighted by Gasteiger charge is 2.10. The summed E-state index contributed by atoms with van der Waals surface area (Å²) in [6, 6.07) is 26.1. The first-order chi connectivity index (χ1) is 13.6. The average Bonchev–Trinajstić information content (AvgIpc) is 2.70. The van der Waals surface area contributed by atoms with E-state index in [0.29, 0.717) is 23.4 Å². The molecule has 142 valence electrons. The molecule has 0 aliphatic heterocycles. The molecule has 2 N–H and O–H groups in total. The quantitative estimate of drug-likeness (QED) is 0.584. The maximum Gasteiger partial charge on any atom is 0.232 e. The minimum atomic E-state index is -3.40. The summed E-state index contributed by atoms with van der Waals surface area (Å²) in [5.41, 5.74) is 3.67. The van der Waals surface area contributed by atoms with Crippen LogP contribution in [-0.2, 0) is 16.4 Å². The Kier molecular flexibility index (Phi) is 6.30. The van der Waals surface area contributed by atoms with Gasteiger partial charge < -0.3 is 5.32 Å². The van der Waals surface area contributed by atoms with Crippen molar-refractivity contribution in [2.24, 2.45) is 0 Å². The second kappa shape index (κ2) is 9.07. The Morgan fingerprint density at radius 3 is 2.18 bits per heavy atom. The molecule has 0 saturated heterocycles.